The summed E-state index contributed by atoms with van der Waals surface area (Å²) in [5.41, 5.74) is 0.659. The first-order valence-electron chi connectivity index (χ1n) is 9.61. The average Bonchev–Trinajstić information content (AvgIpc) is 2.62. The molecule has 0 spiro atoms. The number of likely N-dealkylation sites (tertiary alicyclic amines) is 1. The lowest BCUT2D eigenvalue weighted by atomic mass is 9.92. The van der Waals surface area contributed by atoms with Crippen LogP contribution in [0.5, 0.6) is 5.75 Å². The Morgan fingerprint density at radius 1 is 1.26 bits per heavy atom. The maximum atomic E-state index is 12.6. The van der Waals surface area contributed by atoms with Gasteiger partial charge in [-0.2, -0.15) is 0 Å². The van der Waals surface area contributed by atoms with Crippen LogP contribution in [0.1, 0.15) is 33.6 Å². The van der Waals surface area contributed by atoms with E-state index in [1.54, 1.807) is 24.3 Å². The van der Waals surface area contributed by atoms with Crippen LogP contribution in [0.4, 0.5) is 5.69 Å². The predicted octanol–water partition coefficient (Wildman–Crippen LogP) is 2.25. The average molecular weight is 372 g/mol. The Kier molecular flexibility index (Phi) is 5.98. The molecule has 0 aliphatic carbocycles. The molecule has 146 valence electrons. The molecule has 0 bridgehead atoms. The number of piperidine rings is 1. The van der Waals surface area contributed by atoms with Crippen LogP contribution in [0.25, 0.3) is 0 Å². The number of benzene rings is 1. The fourth-order valence-electron chi connectivity index (χ4n) is 3.75. The van der Waals surface area contributed by atoms with Gasteiger partial charge in [-0.1, -0.05) is 13.8 Å². The second-order valence-corrected chi connectivity index (χ2v) is 7.52. The normalized spacial score (nSPS) is 25.4. The van der Waals surface area contributed by atoms with Crippen LogP contribution in [0, 0.1) is 11.8 Å². The van der Waals surface area contributed by atoms with E-state index in [-0.39, 0.29) is 18.2 Å². The van der Waals surface area contributed by atoms with Crippen LogP contribution < -0.4 is 15.4 Å². The molecule has 0 radical (unpaired) electrons. The Hall–Kier alpha value is -2.57. The minimum absolute atomic E-state index is 0.0608. The minimum Gasteiger partial charge on any atom is -0.494 e. The van der Waals surface area contributed by atoms with Crippen molar-refractivity contribution >= 4 is 23.5 Å². The monoisotopic (exact) mass is 372 g/mol. The zero-order valence-electron chi connectivity index (χ0n) is 16.2. The van der Waals surface area contributed by atoms with E-state index < -0.39 is 6.04 Å². The first kappa shape index (κ1) is 19.2. The summed E-state index contributed by atoms with van der Waals surface area (Å²) >= 11 is 0. The largest absolute Gasteiger partial charge is 0.494 e. The van der Waals surface area contributed by atoms with Gasteiger partial charge in [-0.3, -0.25) is 14.9 Å². The van der Waals surface area contributed by atoms with Gasteiger partial charge >= 0.3 is 0 Å². The molecule has 2 amide bonds. The molecule has 2 N–H and O–H groups in total. The summed E-state index contributed by atoms with van der Waals surface area (Å²) in [6.45, 7) is 8.60. The molecule has 2 aliphatic rings. The van der Waals surface area contributed by atoms with Crippen LogP contribution in [0.2, 0.25) is 0 Å². The molecule has 2 aliphatic heterocycles. The van der Waals surface area contributed by atoms with Gasteiger partial charge in [-0.15, -0.1) is 0 Å². The summed E-state index contributed by atoms with van der Waals surface area (Å²) in [4.78, 5) is 31.4. The summed E-state index contributed by atoms with van der Waals surface area (Å²) in [5.74, 6) is 1.90. The number of amides is 2. The number of nitrogens with one attached hydrogen (secondary N) is 2. The summed E-state index contributed by atoms with van der Waals surface area (Å²) in [6.07, 6.45) is 1.23. The van der Waals surface area contributed by atoms with Gasteiger partial charge in [-0.25, -0.2) is 4.99 Å². The number of rotatable bonds is 4. The third-order valence-corrected chi connectivity index (χ3v) is 4.81. The van der Waals surface area contributed by atoms with Crippen LogP contribution in [-0.4, -0.2) is 48.4 Å². The molecule has 3 atom stereocenters. The van der Waals surface area contributed by atoms with E-state index in [1.807, 2.05) is 6.92 Å². The molecule has 7 nitrogen and oxygen atoms in total. The van der Waals surface area contributed by atoms with Crippen molar-refractivity contribution in [2.45, 2.75) is 39.7 Å². The number of hydrogen-bond acceptors (Lipinski definition) is 5. The van der Waals surface area contributed by atoms with Crippen molar-refractivity contribution in [3.63, 3.8) is 0 Å². The maximum Gasteiger partial charge on any atom is 0.249 e. The van der Waals surface area contributed by atoms with E-state index in [0.717, 1.165) is 18.8 Å². The zero-order valence-corrected chi connectivity index (χ0v) is 16.2. The summed E-state index contributed by atoms with van der Waals surface area (Å²) < 4.78 is 5.40. The Morgan fingerprint density at radius 2 is 1.93 bits per heavy atom. The van der Waals surface area contributed by atoms with Crippen molar-refractivity contribution in [3.8, 4) is 5.75 Å². The Balaban J connectivity index is 1.68. The highest BCUT2D eigenvalue weighted by molar-refractivity contribution is 6.06. The van der Waals surface area contributed by atoms with Crippen LogP contribution in [0.15, 0.2) is 29.3 Å². The zero-order chi connectivity index (χ0) is 19.4. The van der Waals surface area contributed by atoms with Crippen molar-refractivity contribution in [2.75, 3.05) is 25.0 Å². The number of hydrogen-bond donors (Lipinski definition) is 2. The lowest BCUT2D eigenvalue weighted by molar-refractivity contribution is -0.125. The van der Waals surface area contributed by atoms with Crippen LogP contribution >= 0.6 is 0 Å². The Morgan fingerprint density at radius 3 is 2.56 bits per heavy atom. The first-order chi connectivity index (χ1) is 12.9. The van der Waals surface area contributed by atoms with Crippen molar-refractivity contribution < 1.29 is 14.3 Å². The molecule has 0 unspecified atom stereocenters. The maximum absolute atomic E-state index is 12.6. The molecule has 1 fully saturated rings. The lowest BCUT2D eigenvalue weighted by Crippen LogP contribution is -2.54. The second-order valence-electron chi connectivity index (χ2n) is 7.52. The Labute approximate surface area is 160 Å². The number of guanidine groups is 1. The van der Waals surface area contributed by atoms with Crippen molar-refractivity contribution in [1.82, 2.24) is 10.2 Å². The molecule has 0 aromatic heterocycles. The number of carbonyl (C=O) groups excluding carboxylic acids is 2. The third kappa shape index (κ3) is 4.99. The SMILES string of the molecule is CCOc1ccc(NC(=O)[C@@H]2CC(=O)NC(N3C[C@H](C)C[C@H](C)C3)=N2)cc1. The van der Waals surface area contributed by atoms with E-state index in [1.165, 1.54) is 6.42 Å². The van der Waals surface area contributed by atoms with Gasteiger partial charge in [-0.05, 0) is 49.4 Å². The molecule has 0 saturated carbocycles. The van der Waals surface area contributed by atoms with Gasteiger partial charge < -0.3 is 15.0 Å². The topological polar surface area (TPSA) is 83.0 Å². The molecular weight excluding hydrogens is 344 g/mol. The highest BCUT2D eigenvalue weighted by atomic mass is 16.5. The molecule has 3 rings (SSSR count). The van der Waals surface area contributed by atoms with Crippen molar-refractivity contribution in [1.29, 1.82) is 0 Å². The minimum atomic E-state index is -0.715. The summed E-state index contributed by atoms with van der Waals surface area (Å²) in [7, 11) is 0. The first-order valence-corrected chi connectivity index (χ1v) is 9.61. The number of aliphatic imine (C=N–C) groups is 1. The van der Waals surface area contributed by atoms with Crippen molar-refractivity contribution in [3.05, 3.63) is 24.3 Å². The second kappa shape index (κ2) is 8.41. The van der Waals surface area contributed by atoms with Crippen LogP contribution in [-0.2, 0) is 9.59 Å². The number of carbonyl (C=O) groups is 2. The van der Waals surface area contributed by atoms with Crippen LogP contribution in [0.3, 0.4) is 0 Å². The van der Waals surface area contributed by atoms with E-state index in [9.17, 15) is 9.59 Å². The van der Waals surface area contributed by atoms with E-state index in [0.29, 0.717) is 30.1 Å². The molecule has 2 heterocycles. The molecule has 1 aromatic rings. The summed E-state index contributed by atoms with van der Waals surface area (Å²) in [6, 6.07) is 6.46. The van der Waals surface area contributed by atoms with Gasteiger partial charge in [0.2, 0.25) is 17.8 Å². The molecule has 7 heteroatoms. The lowest BCUT2D eigenvalue weighted by Gasteiger charge is -2.38. The predicted molar refractivity (Wildman–Crippen MR) is 105 cm³/mol. The van der Waals surface area contributed by atoms with Gasteiger partial charge in [0, 0.05) is 18.8 Å². The summed E-state index contributed by atoms with van der Waals surface area (Å²) in [5, 5.41) is 5.68. The van der Waals surface area contributed by atoms with Gasteiger partial charge in [0.05, 0.1) is 13.0 Å². The highest BCUT2D eigenvalue weighted by Gasteiger charge is 2.32. The molecule has 27 heavy (non-hydrogen) atoms. The molecular formula is C20H28N4O3. The standard InChI is InChI=1S/C20H28N4O3/c1-4-27-16-7-5-15(6-8-16)21-19(26)17-10-18(25)23-20(22-17)24-11-13(2)9-14(3)12-24/h5-8,13-14,17H,4,9-12H2,1-3H3,(H,21,26)(H,22,23,25)/t13-,14+,17-/m0/s1. The van der Waals surface area contributed by atoms with E-state index in [4.69, 9.17) is 4.74 Å². The number of ether oxygens (including phenoxy) is 1. The highest BCUT2D eigenvalue weighted by Crippen LogP contribution is 2.22. The fraction of sp³-hybridized carbons (Fsp3) is 0.550. The molecule has 1 saturated heterocycles. The van der Waals surface area contributed by atoms with E-state index >= 15 is 0 Å². The Bertz CT molecular complexity index is 706. The quantitative estimate of drug-likeness (QED) is 0.849. The fourth-order valence-corrected chi connectivity index (χ4v) is 3.75. The van der Waals surface area contributed by atoms with Crippen molar-refractivity contribution in [2.24, 2.45) is 16.8 Å². The van der Waals surface area contributed by atoms with Gasteiger partial charge in [0.1, 0.15) is 11.8 Å². The van der Waals surface area contributed by atoms with E-state index in [2.05, 4.69) is 34.4 Å². The molecule has 1 aromatic carbocycles. The third-order valence-electron chi connectivity index (χ3n) is 4.81. The smallest absolute Gasteiger partial charge is 0.249 e. The van der Waals surface area contributed by atoms with Gasteiger partial charge in [0.25, 0.3) is 0 Å². The number of anilines is 1. The van der Waals surface area contributed by atoms with Gasteiger partial charge in [0.15, 0.2) is 0 Å². The number of nitrogens with zero attached hydrogens (tertiary/aromatic N) is 2.